The van der Waals surface area contributed by atoms with Gasteiger partial charge in [-0.15, -0.1) is 0 Å². The summed E-state index contributed by atoms with van der Waals surface area (Å²) in [5.41, 5.74) is 0.604. The van der Waals surface area contributed by atoms with Crippen LogP contribution in [0.25, 0.3) is 0 Å². The summed E-state index contributed by atoms with van der Waals surface area (Å²) in [6.07, 6.45) is 0. The summed E-state index contributed by atoms with van der Waals surface area (Å²) in [7, 11) is 2.96. The standard InChI is InChI=1S/C12H18N2O4.C2H2O4/c1-8(2)13-7-9-5-11(17-3)12(18-4)6-10(9)14(15)16;3-1(4)2(5)6/h5-6,8,13H,7H2,1-4H3;(H,3,4)(H,5,6). The lowest BCUT2D eigenvalue weighted by molar-refractivity contribution is -0.385. The second-order valence-electron chi connectivity index (χ2n) is 4.74. The largest absolute Gasteiger partial charge is 0.493 e. The highest BCUT2D eigenvalue weighted by atomic mass is 16.6. The first-order valence-electron chi connectivity index (χ1n) is 6.72. The second kappa shape index (κ2) is 10.0. The van der Waals surface area contributed by atoms with Crippen LogP contribution in [0.1, 0.15) is 19.4 Å². The molecule has 0 aliphatic heterocycles. The van der Waals surface area contributed by atoms with E-state index in [2.05, 4.69) is 5.32 Å². The van der Waals surface area contributed by atoms with Gasteiger partial charge in [-0.25, -0.2) is 9.59 Å². The molecule has 0 aliphatic rings. The first-order valence-corrected chi connectivity index (χ1v) is 6.72. The van der Waals surface area contributed by atoms with Crippen LogP contribution in [0.3, 0.4) is 0 Å². The van der Waals surface area contributed by atoms with Gasteiger partial charge in [-0.2, -0.15) is 0 Å². The Morgan fingerprint density at radius 3 is 1.96 bits per heavy atom. The van der Waals surface area contributed by atoms with Crippen molar-refractivity contribution in [2.75, 3.05) is 14.2 Å². The fourth-order valence-electron chi connectivity index (χ4n) is 1.54. The highest BCUT2D eigenvalue weighted by molar-refractivity contribution is 6.27. The van der Waals surface area contributed by atoms with Crippen molar-refractivity contribution < 1.29 is 34.2 Å². The number of benzene rings is 1. The summed E-state index contributed by atoms with van der Waals surface area (Å²) in [5, 5.41) is 28.9. The lowest BCUT2D eigenvalue weighted by Crippen LogP contribution is -2.22. The van der Waals surface area contributed by atoms with E-state index in [1.165, 1.54) is 20.3 Å². The molecule has 0 radical (unpaired) electrons. The number of carboxylic acid groups (broad SMARTS) is 2. The van der Waals surface area contributed by atoms with Crippen molar-refractivity contribution in [3.63, 3.8) is 0 Å². The summed E-state index contributed by atoms with van der Waals surface area (Å²) in [6.45, 7) is 4.37. The molecule has 1 rings (SSSR count). The van der Waals surface area contributed by atoms with Gasteiger partial charge in [-0.3, -0.25) is 10.1 Å². The van der Waals surface area contributed by atoms with Gasteiger partial charge in [0.15, 0.2) is 11.5 Å². The summed E-state index contributed by atoms with van der Waals surface area (Å²) in [6, 6.07) is 3.26. The van der Waals surface area contributed by atoms with Crippen LogP contribution in [0.5, 0.6) is 11.5 Å². The molecule has 0 heterocycles. The smallest absolute Gasteiger partial charge is 0.414 e. The number of nitrogens with zero attached hydrogens (tertiary/aromatic N) is 1. The quantitative estimate of drug-likeness (QED) is 0.394. The number of ether oxygens (including phenoxy) is 2. The molecule has 0 amide bonds. The van der Waals surface area contributed by atoms with Crippen LogP contribution >= 0.6 is 0 Å². The Morgan fingerprint density at radius 2 is 1.62 bits per heavy atom. The maximum Gasteiger partial charge on any atom is 0.414 e. The van der Waals surface area contributed by atoms with Crippen LogP contribution in [0.15, 0.2) is 12.1 Å². The van der Waals surface area contributed by atoms with Gasteiger partial charge >= 0.3 is 11.9 Å². The van der Waals surface area contributed by atoms with E-state index >= 15 is 0 Å². The van der Waals surface area contributed by atoms with Crippen molar-refractivity contribution in [1.82, 2.24) is 5.32 Å². The van der Waals surface area contributed by atoms with Crippen molar-refractivity contribution in [3.8, 4) is 11.5 Å². The van der Waals surface area contributed by atoms with Gasteiger partial charge in [0.1, 0.15) is 0 Å². The van der Waals surface area contributed by atoms with Crippen LogP contribution in [0, 0.1) is 10.1 Å². The zero-order valence-corrected chi connectivity index (χ0v) is 13.7. The minimum Gasteiger partial charge on any atom is -0.493 e. The molecule has 24 heavy (non-hydrogen) atoms. The van der Waals surface area contributed by atoms with Crippen LogP contribution in [0.2, 0.25) is 0 Å². The molecule has 3 N–H and O–H groups in total. The van der Waals surface area contributed by atoms with Gasteiger partial charge in [0.2, 0.25) is 0 Å². The third-order valence-corrected chi connectivity index (χ3v) is 2.67. The molecule has 134 valence electrons. The van der Waals surface area contributed by atoms with Crippen LogP contribution in [-0.2, 0) is 16.1 Å². The maximum atomic E-state index is 11.0. The predicted octanol–water partition coefficient (Wildman–Crippen LogP) is 1.27. The molecule has 0 fully saturated rings. The Labute approximate surface area is 138 Å². The van der Waals surface area contributed by atoms with Crippen molar-refractivity contribution >= 4 is 17.6 Å². The van der Waals surface area contributed by atoms with Gasteiger partial charge in [0, 0.05) is 18.2 Å². The maximum absolute atomic E-state index is 11.0. The van der Waals surface area contributed by atoms with Gasteiger partial charge in [0.05, 0.1) is 25.2 Å². The number of nitro benzene ring substituents is 1. The lowest BCUT2D eigenvalue weighted by atomic mass is 10.1. The SMILES string of the molecule is COc1cc(CNC(C)C)c([N+](=O)[O-])cc1OC.O=C(O)C(=O)O. The van der Waals surface area contributed by atoms with E-state index in [9.17, 15) is 10.1 Å². The van der Waals surface area contributed by atoms with Gasteiger partial charge < -0.3 is 25.0 Å². The molecule has 0 spiro atoms. The van der Waals surface area contributed by atoms with Crippen molar-refractivity contribution in [2.24, 2.45) is 0 Å². The second-order valence-corrected chi connectivity index (χ2v) is 4.74. The van der Waals surface area contributed by atoms with E-state index in [4.69, 9.17) is 29.3 Å². The topological polar surface area (TPSA) is 148 Å². The van der Waals surface area contributed by atoms with Gasteiger partial charge in [-0.1, -0.05) is 13.8 Å². The number of aliphatic carboxylic acids is 2. The molecule has 0 aliphatic carbocycles. The first-order chi connectivity index (χ1) is 11.1. The van der Waals surface area contributed by atoms with Crippen molar-refractivity contribution in [3.05, 3.63) is 27.8 Å². The van der Waals surface area contributed by atoms with E-state index in [0.717, 1.165) is 0 Å². The number of hydrogen-bond acceptors (Lipinski definition) is 7. The molecule has 0 unspecified atom stereocenters. The molecule has 0 aromatic heterocycles. The van der Waals surface area contributed by atoms with Crippen molar-refractivity contribution in [2.45, 2.75) is 26.4 Å². The minimum atomic E-state index is -1.82. The van der Waals surface area contributed by atoms with Gasteiger partial charge in [0.25, 0.3) is 5.69 Å². The molecular weight excluding hydrogens is 324 g/mol. The highest BCUT2D eigenvalue weighted by Gasteiger charge is 2.19. The molecule has 0 saturated carbocycles. The number of carboxylic acids is 2. The Kier molecular flexibility index (Phi) is 8.80. The number of hydrogen-bond donors (Lipinski definition) is 3. The molecule has 1 aromatic carbocycles. The van der Waals surface area contributed by atoms with Crippen LogP contribution < -0.4 is 14.8 Å². The Morgan fingerprint density at radius 1 is 1.17 bits per heavy atom. The number of nitro groups is 1. The molecule has 1 aromatic rings. The Balaban J connectivity index is 0.000000754. The normalized spacial score (nSPS) is 9.71. The van der Waals surface area contributed by atoms with Gasteiger partial charge in [-0.05, 0) is 6.07 Å². The minimum absolute atomic E-state index is 0.0285. The van der Waals surface area contributed by atoms with E-state index in [1.807, 2.05) is 13.8 Å². The fourth-order valence-corrected chi connectivity index (χ4v) is 1.54. The molecule has 10 heteroatoms. The molecule has 0 saturated heterocycles. The zero-order valence-electron chi connectivity index (χ0n) is 13.7. The summed E-state index contributed by atoms with van der Waals surface area (Å²) in [5.74, 6) is -2.80. The predicted molar refractivity (Wildman–Crippen MR) is 83.4 cm³/mol. The monoisotopic (exact) mass is 344 g/mol. The highest BCUT2D eigenvalue weighted by Crippen LogP contribution is 2.34. The number of methoxy groups -OCH3 is 2. The summed E-state index contributed by atoms with van der Waals surface area (Å²) >= 11 is 0. The van der Waals surface area contributed by atoms with Crippen molar-refractivity contribution in [1.29, 1.82) is 0 Å². The van der Waals surface area contributed by atoms with E-state index in [0.29, 0.717) is 23.6 Å². The summed E-state index contributed by atoms with van der Waals surface area (Å²) < 4.78 is 10.2. The third-order valence-electron chi connectivity index (χ3n) is 2.67. The number of nitrogens with one attached hydrogen (secondary N) is 1. The number of rotatable bonds is 6. The van der Waals surface area contributed by atoms with E-state index < -0.39 is 16.9 Å². The lowest BCUT2D eigenvalue weighted by Gasteiger charge is -2.12. The molecule has 0 bridgehead atoms. The fraction of sp³-hybridized carbons (Fsp3) is 0.429. The van der Waals surface area contributed by atoms with Crippen LogP contribution in [0.4, 0.5) is 5.69 Å². The Hall–Kier alpha value is -2.88. The zero-order chi connectivity index (χ0) is 18.9. The summed E-state index contributed by atoms with van der Waals surface area (Å²) in [4.78, 5) is 28.8. The molecular formula is C14H20N2O8. The molecule has 10 nitrogen and oxygen atoms in total. The van der Waals surface area contributed by atoms with Crippen LogP contribution in [-0.4, -0.2) is 47.3 Å². The average Bonchev–Trinajstić information content (AvgIpc) is 2.52. The Bertz CT molecular complexity index is 589. The average molecular weight is 344 g/mol. The number of carbonyl (C=O) groups is 2. The first kappa shape index (κ1) is 21.1. The third kappa shape index (κ3) is 6.92. The molecule has 0 atom stereocenters. The van der Waals surface area contributed by atoms with E-state index in [-0.39, 0.29) is 11.7 Å². The van der Waals surface area contributed by atoms with E-state index in [1.54, 1.807) is 6.07 Å².